The molecule has 0 aromatic heterocycles. The first-order valence-electron chi connectivity index (χ1n) is 7.04. The van der Waals surface area contributed by atoms with Crippen LogP contribution in [-0.2, 0) is 9.59 Å². The Kier molecular flexibility index (Phi) is 4.55. The molecule has 0 unspecified atom stereocenters. The van der Waals surface area contributed by atoms with E-state index in [2.05, 4.69) is 0 Å². The van der Waals surface area contributed by atoms with E-state index in [4.69, 9.17) is 0 Å². The summed E-state index contributed by atoms with van der Waals surface area (Å²) in [4.78, 5) is 26.0. The minimum atomic E-state index is -4.82. The van der Waals surface area contributed by atoms with Crippen LogP contribution in [0.1, 0.15) is 32.1 Å². The number of hydrogen-bond donors (Lipinski definition) is 0. The molecule has 0 spiro atoms. The Labute approximate surface area is 115 Å². The van der Waals surface area contributed by atoms with E-state index in [1.165, 1.54) is 0 Å². The van der Waals surface area contributed by atoms with Gasteiger partial charge in [0, 0.05) is 32.1 Å². The molecule has 20 heavy (non-hydrogen) atoms. The third-order valence-electron chi connectivity index (χ3n) is 4.04. The smallest absolute Gasteiger partial charge is 0.342 e. The van der Waals surface area contributed by atoms with Crippen molar-refractivity contribution in [1.29, 1.82) is 0 Å². The molecular weight excluding hydrogens is 273 g/mol. The Bertz CT molecular complexity index is 370. The molecule has 4 nitrogen and oxygen atoms in total. The number of piperidine rings is 2. The number of carbonyl (C=O) groups excluding carboxylic acids is 2. The molecule has 0 saturated carbocycles. The Morgan fingerprint density at radius 1 is 0.850 bits per heavy atom. The Morgan fingerprint density at radius 3 is 1.90 bits per heavy atom. The van der Waals surface area contributed by atoms with Gasteiger partial charge in [-0.2, -0.15) is 13.2 Å². The van der Waals surface area contributed by atoms with Crippen LogP contribution in [0.25, 0.3) is 0 Å². The lowest BCUT2D eigenvalue weighted by Gasteiger charge is -2.35. The lowest BCUT2D eigenvalue weighted by atomic mass is 9.94. The van der Waals surface area contributed by atoms with Crippen LogP contribution in [0.3, 0.4) is 0 Å². The number of amides is 2. The Hall–Kier alpha value is -1.27. The quantitative estimate of drug-likeness (QED) is 0.739. The molecule has 7 heteroatoms. The topological polar surface area (TPSA) is 40.6 Å². The summed E-state index contributed by atoms with van der Waals surface area (Å²) in [7, 11) is 0. The maximum Gasteiger partial charge on any atom is 0.471 e. The van der Waals surface area contributed by atoms with Crippen molar-refractivity contribution < 1.29 is 22.8 Å². The molecule has 2 aliphatic rings. The van der Waals surface area contributed by atoms with Gasteiger partial charge in [0.25, 0.3) is 0 Å². The van der Waals surface area contributed by atoms with Crippen molar-refractivity contribution in [1.82, 2.24) is 9.80 Å². The first-order chi connectivity index (χ1) is 9.39. The van der Waals surface area contributed by atoms with Crippen LogP contribution < -0.4 is 0 Å². The molecule has 2 aliphatic heterocycles. The van der Waals surface area contributed by atoms with Gasteiger partial charge in [-0.25, -0.2) is 0 Å². The average Bonchev–Trinajstić information content (AvgIpc) is 2.46. The highest BCUT2D eigenvalue weighted by atomic mass is 19.4. The van der Waals surface area contributed by atoms with E-state index >= 15 is 0 Å². The van der Waals surface area contributed by atoms with Gasteiger partial charge in [0.05, 0.1) is 0 Å². The summed E-state index contributed by atoms with van der Waals surface area (Å²) in [5, 5.41) is 0. The van der Waals surface area contributed by atoms with E-state index in [9.17, 15) is 22.8 Å². The van der Waals surface area contributed by atoms with Crippen LogP contribution in [0.2, 0.25) is 0 Å². The van der Waals surface area contributed by atoms with Crippen molar-refractivity contribution in [2.45, 2.75) is 38.3 Å². The zero-order valence-electron chi connectivity index (χ0n) is 11.3. The summed E-state index contributed by atoms with van der Waals surface area (Å²) < 4.78 is 36.9. The van der Waals surface area contributed by atoms with Crippen LogP contribution in [0.4, 0.5) is 13.2 Å². The number of rotatable bonds is 1. The molecule has 2 amide bonds. The fraction of sp³-hybridized carbons (Fsp3) is 0.846. The lowest BCUT2D eigenvalue weighted by molar-refractivity contribution is -0.187. The van der Waals surface area contributed by atoms with Crippen molar-refractivity contribution >= 4 is 11.8 Å². The molecule has 2 saturated heterocycles. The van der Waals surface area contributed by atoms with E-state index in [-0.39, 0.29) is 24.9 Å². The predicted octanol–water partition coefficient (Wildman–Crippen LogP) is 1.80. The first-order valence-corrected chi connectivity index (χ1v) is 7.04. The molecule has 0 radical (unpaired) electrons. The third-order valence-corrected chi connectivity index (χ3v) is 4.04. The summed E-state index contributed by atoms with van der Waals surface area (Å²) in [5.74, 6) is -1.98. The minimum absolute atomic E-state index is 0.0165. The van der Waals surface area contributed by atoms with Crippen molar-refractivity contribution in [3.05, 3.63) is 0 Å². The zero-order chi connectivity index (χ0) is 14.8. The monoisotopic (exact) mass is 292 g/mol. The molecule has 2 rings (SSSR count). The van der Waals surface area contributed by atoms with Crippen molar-refractivity contribution in [2.24, 2.45) is 5.92 Å². The maximum atomic E-state index is 12.3. The summed E-state index contributed by atoms with van der Waals surface area (Å²) >= 11 is 0. The van der Waals surface area contributed by atoms with Crippen LogP contribution in [0.5, 0.6) is 0 Å². The number of halogens is 3. The second-order valence-corrected chi connectivity index (χ2v) is 5.45. The molecule has 2 heterocycles. The highest BCUT2D eigenvalue weighted by molar-refractivity contribution is 5.83. The number of hydrogen-bond acceptors (Lipinski definition) is 2. The molecule has 0 aromatic carbocycles. The molecule has 0 aromatic rings. The second kappa shape index (κ2) is 6.01. The maximum absolute atomic E-state index is 12.3. The van der Waals surface area contributed by atoms with Gasteiger partial charge in [-0.3, -0.25) is 9.59 Å². The highest BCUT2D eigenvalue weighted by Crippen LogP contribution is 2.25. The minimum Gasteiger partial charge on any atom is -0.342 e. The largest absolute Gasteiger partial charge is 0.471 e. The molecule has 2 fully saturated rings. The molecule has 114 valence electrons. The van der Waals surface area contributed by atoms with Gasteiger partial charge in [-0.15, -0.1) is 0 Å². The summed E-state index contributed by atoms with van der Waals surface area (Å²) in [5.41, 5.74) is 0. The van der Waals surface area contributed by atoms with E-state index in [0.29, 0.717) is 12.8 Å². The normalized spacial score (nSPS) is 21.9. The molecule has 0 bridgehead atoms. The van der Waals surface area contributed by atoms with Gasteiger partial charge in [-0.1, -0.05) is 0 Å². The SMILES string of the molecule is O=C(C1CCN(C(=O)C(F)(F)F)CC1)N1CCCCC1. The average molecular weight is 292 g/mol. The van der Waals surface area contributed by atoms with Crippen LogP contribution in [0, 0.1) is 5.92 Å². The summed E-state index contributed by atoms with van der Waals surface area (Å²) in [6.07, 6.45) is -1.03. The number of alkyl halides is 3. The summed E-state index contributed by atoms with van der Waals surface area (Å²) in [6.45, 7) is 1.53. The van der Waals surface area contributed by atoms with Gasteiger partial charge < -0.3 is 9.80 Å². The number of nitrogens with zero attached hydrogens (tertiary/aromatic N) is 2. The highest BCUT2D eigenvalue weighted by Gasteiger charge is 2.44. The molecule has 0 N–H and O–H groups in total. The van der Waals surface area contributed by atoms with Gasteiger partial charge in [0.15, 0.2) is 0 Å². The Morgan fingerprint density at radius 2 is 1.40 bits per heavy atom. The van der Waals surface area contributed by atoms with Crippen LogP contribution in [-0.4, -0.2) is 54.0 Å². The second-order valence-electron chi connectivity index (χ2n) is 5.45. The predicted molar refractivity (Wildman–Crippen MR) is 65.8 cm³/mol. The van der Waals surface area contributed by atoms with E-state index in [0.717, 1.165) is 37.3 Å². The van der Waals surface area contributed by atoms with Crippen LogP contribution in [0.15, 0.2) is 0 Å². The van der Waals surface area contributed by atoms with Crippen molar-refractivity contribution in [3.63, 3.8) is 0 Å². The molecule has 0 aliphatic carbocycles. The van der Waals surface area contributed by atoms with Crippen molar-refractivity contribution in [2.75, 3.05) is 26.2 Å². The standard InChI is InChI=1S/C13H19F3N2O2/c14-13(15,16)12(20)18-8-4-10(5-9-18)11(19)17-6-2-1-3-7-17/h10H,1-9H2. The van der Waals surface area contributed by atoms with E-state index < -0.39 is 12.1 Å². The van der Waals surface area contributed by atoms with Gasteiger partial charge in [0.1, 0.15) is 0 Å². The third kappa shape index (κ3) is 3.43. The number of likely N-dealkylation sites (tertiary alicyclic amines) is 2. The van der Waals surface area contributed by atoms with Crippen LogP contribution >= 0.6 is 0 Å². The van der Waals surface area contributed by atoms with E-state index in [1.807, 2.05) is 4.90 Å². The van der Waals surface area contributed by atoms with Gasteiger partial charge in [0.2, 0.25) is 5.91 Å². The lowest BCUT2D eigenvalue weighted by Crippen LogP contribution is -2.48. The zero-order valence-corrected chi connectivity index (χ0v) is 11.3. The van der Waals surface area contributed by atoms with Crippen molar-refractivity contribution in [3.8, 4) is 0 Å². The van der Waals surface area contributed by atoms with Gasteiger partial charge in [-0.05, 0) is 32.1 Å². The molecule has 0 atom stereocenters. The van der Waals surface area contributed by atoms with E-state index in [1.54, 1.807) is 0 Å². The summed E-state index contributed by atoms with van der Waals surface area (Å²) in [6, 6.07) is 0. The first kappa shape index (κ1) is 15.1. The fourth-order valence-corrected chi connectivity index (χ4v) is 2.88. The fourth-order valence-electron chi connectivity index (χ4n) is 2.88. The molecular formula is C13H19F3N2O2. The van der Waals surface area contributed by atoms with Gasteiger partial charge >= 0.3 is 12.1 Å². The number of carbonyl (C=O) groups is 2. The Balaban J connectivity index is 1.84.